The molecule has 1 N–H and O–H groups in total. The molecule has 0 saturated heterocycles. The van der Waals surface area contributed by atoms with Gasteiger partial charge in [-0.1, -0.05) is 19.1 Å². The fourth-order valence-electron chi connectivity index (χ4n) is 2.45. The summed E-state index contributed by atoms with van der Waals surface area (Å²) >= 11 is 0. The van der Waals surface area contributed by atoms with Crippen LogP contribution in [0, 0.1) is 0 Å². The number of hydrogen-bond donors (Lipinski definition) is 1. The minimum absolute atomic E-state index is 0.428. The zero-order valence-corrected chi connectivity index (χ0v) is 12.6. The summed E-state index contributed by atoms with van der Waals surface area (Å²) in [6, 6.07) is 7.76. The molecule has 1 aromatic rings. The van der Waals surface area contributed by atoms with E-state index >= 15 is 0 Å². The molecule has 0 aliphatic heterocycles. The van der Waals surface area contributed by atoms with Gasteiger partial charge in [-0.2, -0.15) is 0 Å². The molecule has 0 radical (unpaired) electrons. The van der Waals surface area contributed by atoms with Crippen molar-refractivity contribution >= 4 is 0 Å². The molecule has 19 heavy (non-hydrogen) atoms. The number of nitrogens with one attached hydrogen (secondary N) is 1. The maximum atomic E-state index is 5.41. The zero-order valence-electron chi connectivity index (χ0n) is 12.6. The van der Waals surface area contributed by atoms with Gasteiger partial charge in [0.25, 0.3) is 0 Å². The van der Waals surface area contributed by atoms with E-state index in [0.29, 0.717) is 6.04 Å². The fraction of sp³-hybridized carbons (Fsp3) is 0.625. The van der Waals surface area contributed by atoms with E-state index < -0.39 is 0 Å². The Hall–Kier alpha value is -1.06. The highest BCUT2D eigenvalue weighted by atomic mass is 16.5. The third kappa shape index (κ3) is 3.71. The Morgan fingerprint density at radius 3 is 2.63 bits per heavy atom. The summed E-state index contributed by atoms with van der Waals surface area (Å²) in [5.41, 5.74) is 2.66. The SMILES string of the molecule is CCc1cc(C(CNC2CC2)N(C)C)ccc1OC. The first kappa shape index (κ1) is 14.4. The van der Waals surface area contributed by atoms with Crippen LogP contribution < -0.4 is 10.1 Å². The van der Waals surface area contributed by atoms with Crippen molar-refractivity contribution in [2.24, 2.45) is 0 Å². The number of methoxy groups -OCH3 is 1. The summed E-state index contributed by atoms with van der Waals surface area (Å²) in [6.07, 6.45) is 3.68. The van der Waals surface area contributed by atoms with Crippen LogP contribution in [-0.4, -0.2) is 38.7 Å². The summed E-state index contributed by atoms with van der Waals surface area (Å²) < 4.78 is 5.41. The summed E-state index contributed by atoms with van der Waals surface area (Å²) in [7, 11) is 6.04. The van der Waals surface area contributed by atoms with E-state index in [2.05, 4.69) is 49.4 Å². The molecule has 1 aliphatic rings. The van der Waals surface area contributed by atoms with Crippen LogP contribution in [0.15, 0.2) is 18.2 Å². The number of ether oxygens (including phenoxy) is 1. The maximum absolute atomic E-state index is 5.41. The van der Waals surface area contributed by atoms with E-state index in [9.17, 15) is 0 Å². The Morgan fingerprint density at radius 2 is 2.11 bits per heavy atom. The molecule has 1 atom stereocenters. The average Bonchev–Trinajstić information content (AvgIpc) is 3.22. The van der Waals surface area contributed by atoms with Gasteiger partial charge >= 0.3 is 0 Å². The van der Waals surface area contributed by atoms with Gasteiger partial charge in [-0.05, 0) is 50.6 Å². The Labute approximate surface area is 116 Å². The summed E-state index contributed by atoms with van der Waals surface area (Å²) in [5.74, 6) is 0.999. The highest BCUT2D eigenvalue weighted by Crippen LogP contribution is 2.27. The molecule has 0 aromatic heterocycles. The van der Waals surface area contributed by atoms with Crippen LogP contribution in [-0.2, 0) is 6.42 Å². The monoisotopic (exact) mass is 262 g/mol. The molecule has 0 bridgehead atoms. The summed E-state index contributed by atoms with van der Waals surface area (Å²) in [6.45, 7) is 3.20. The van der Waals surface area contributed by atoms with E-state index in [4.69, 9.17) is 4.74 Å². The van der Waals surface area contributed by atoms with Gasteiger partial charge in [-0.15, -0.1) is 0 Å². The molecule has 3 heteroatoms. The van der Waals surface area contributed by atoms with Gasteiger partial charge in [0, 0.05) is 18.6 Å². The quantitative estimate of drug-likeness (QED) is 0.817. The number of likely N-dealkylation sites (N-methyl/N-ethyl adjacent to an activating group) is 1. The van der Waals surface area contributed by atoms with Crippen molar-refractivity contribution in [3.05, 3.63) is 29.3 Å². The Morgan fingerprint density at radius 1 is 1.37 bits per heavy atom. The Balaban J connectivity index is 2.14. The van der Waals surface area contributed by atoms with Crippen LogP contribution in [0.3, 0.4) is 0 Å². The average molecular weight is 262 g/mol. The van der Waals surface area contributed by atoms with Gasteiger partial charge < -0.3 is 15.0 Å². The van der Waals surface area contributed by atoms with Gasteiger partial charge in [0.05, 0.1) is 7.11 Å². The molecule has 1 unspecified atom stereocenters. The van der Waals surface area contributed by atoms with E-state index in [1.165, 1.54) is 24.0 Å². The fourth-order valence-corrected chi connectivity index (χ4v) is 2.45. The second-order valence-corrected chi connectivity index (χ2v) is 5.59. The van der Waals surface area contributed by atoms with Crippen LogP contribution in [0.4, 0.5) is 0 Å². The lowest BCUT2D eigenvalue weighted by atomic mass is 10.0. The number of rotatable bonds is 7. The number of aryl methyl sites for hydroxylation is 1. The summed E-state index contributed by atoms with van der Waals surface area (Å²) in [4.78, 5) is 2.29. The van der Waals surface area contributed by atoms with Crippen molar-refractivity contribution in [2.45, 2.75) is 38.3 Å². The van der Waals surface area contributed by atoms with Crippen LogP contribution >= 0.6 is 0 Å². The van der Waals surface area contributed by atoms with E-state index in [-0.39, 0.29) is 0 Å². The normalized spacial score (nSPS) is 16.7. The zero-order chi connectivity index (χ0) is 13.8. The van der Waals surface area contributed by atoms with Crippen molar-refractivity contribution in [2.75, 3.05) is 27.7 Å². The van der Waals surface area contributed by atoms with E-state index in [1.807, 2.05) is 0 Å². The predicted molar refractivity (Wildman–Crippen MR) is 79.8 cm³/mol. The predicted octanol–water partition coefficient (Wildman–Crippen LogP) is 2.61. The summed E-state index contributed by atoms with van der Waals surface area (Å²) in [5, 5.41) is 3.63. The minimum atomic E-state index is 0.428. The molecular weight excluding hydrogens is 236 g/mol. The van der Waals surface area contributed by atoms with Gasteiger partial charge in [0.2, 0.25) is 0 Å². The van der Waals surface area contributed by atoms with Crippen molar-refractivity contribution in [1.29, 1.82) is 0 Å². The number of benzene rings is 1. The van der Waals surface area contributed by atoms with Crippen LogP contribution in [0.1, 0.15) is 36.9 Å². The second-order valence-electron chi connectivity index (χ2n) is 5.59. The molecule has 3 nitrogen and oxygen atoms in total. The first-order chi connectivity index (χ1) is 9.15. The maximum Gasteiger partial charge on any atom is 0.122 e. The molecule has 106 valence electrons. The van der Waals surface area contributed by atoms with Crippen molar-refractivity contribution in [1.82, 2.24) is 10.2 Å². The van der Waals surface area contributed by atoms with Gasteiger partial charge in [0.15, 0.2) is 0 Å². The molecule has 1 fully saturated rings. The van der Waals surface area contributed by atoms with Gasteiger partial charge in [-0.3, -0.25) is 0 Å². The lowest BCUT2D eigenvalue weighted by Gasteiger charge is -2.26. The molecule has 1 saturated carbocycles. The van der Waals surface area contributed by atoms with E-state index in [0.717, 1.165) is 24.8 Å². The number of nitrogens with zero attached hydrogens (tertiary/aromatic N) is 1. The van der Waals surface area contributed by atoms with Crippen LogP contribution in [0.5, 0.6) is 5.75 Å². The Kier molecular flexibility index (Phi) is 4.83. The smallest absolute Gasteiger partial charge is 0.122 e. The number of hydrogen-bond acceptors (Lipinski definition) is 3. The lowest BCUT2D eigenvalue weighted by Crippen LogP contribution is -2.32. The van der Waals surface area contributed by atoms with Gasteiger partial charge in [0.1, 0.15) is 5.75 Å². The second kappa shape index (κ2) is 6.40. The lowest BCUT2D eigenvalue weighted by molar-refractivity contribution is 0.287. The third-order valence-corrected chi connectivity index (χ3v) is 3.87. The third-order valence-electron chi connectivity index (χ3n) is 3.87. The van der Waals surface area contributed by atoms with Crippen molar-refractivity contribution in [3.8, 4) is 5.75 Å². The molecular formula is C16H26N2O. The van der Waals surface area contributed by atoms with Crippen LogP contribution in [0.2, 0.25) is 0 Å². The molecule has 1 aliphatic carbocycles. The van der Waals surface area contributed by atoms with E-state index in [1.54, 1.807) is 7.11 Å². The topological polar surface area (TPSA) is 24.5 Å². The van der Waals surface area contributed by atoms with Crippen molar-refractivity contribution < 1.29 is 4.74 Å². The molecule has 2 rings (SSSR count). The van der Waals surface area contributed by atoms with Gasteiger partial charge in [-0.25, -0.2) is 0 Å². The first-order valence-corrected chi connectivity index (χ1v) is 7.22. The Bertz CT molecular complexity index is 413. The molecule has 1 aromatic carbocycles. The standard InChI is InChI=1S/C16H26N2O/c1-5-12-10-13(6-9-16(12)19-4)15(18(2)3)11-17-14-7-8-14/h6,9-10,14-15,17H,5,7-8,11H2,1-4H3. The van der Waals surface area contributed by atoms with Crippen LogP contribution in [0.25, 0.3) is 0 Å². The highest BCUT2D eigenvalue weighted by Gasteiger charge is 2.23. The largest absolute Gasteiger partial charge is 0.496 e. The van der Waals surface area contributed by atoms with Crippen molar-refractivity contribution in [3.63, 3.8) is 0 Å². The highest BCUT2D eigenvalue weighted by molar-refractivity contribution is 5.38. The molecule has 0 spiro atoms. The first-order valence-electron chi connectivity index (χ1n) is 7.22. The molecule has 0 heterocycles. The molecule has 0 amide bonds. The minimum Gasteiger partial charge on any atom is -0.496 e.